The number of aromatic nitrogens is 1. The van der Waals surface area contributed by atoms with Gasteiger partial charge in [-0.05, 0) is 24.1 Å². The van der Waals surface area contributed by atoms with E-state index in [9.17, 15) is 4.79 Å². The number of carbonyl (C=O) groups excluding carboxylic acids is 1. The fraction of sp³-hybridized carbons (Fsp3) is 0.143. The second-order valence-corrected chi connectivity index (χ2v) is 4.60. The van der Waals surface area contributed by atoms with Crippen LogP contribution in [0.4, 0.5) is 0 Å². The van der Waals surface area contributed by atoms with Crippen LogP contribution in [0.2, 0.25) is 10.3 Å². The molecule has 2 rings (SSSR count). The molecule has 0 bridgehead atoms. The Labute approximate surface area is 116 Å². The standard InChI is InChI=1S/C14H11Cl2NO/c1-2-9-3-5-10(6-4-9)13(18)11-7-8-12(15)17-14(11)16/h3-8H,2H2,1H3. The van der Waals surface area contributed by atoms with Crippen molar-refractivity contribution >= 4 is 29.0 Å². The van der Waals surface area contributed by atoms with Crippen molar-refractivity contribution < 1.29 is 4.79 Å². The molecule has 0 saturated heterocycles. The van der Waals surface area contributed by atoms with E-state index < -0.39 is 0 Å². The highest BCUT2D eigenvalue weighted by atomic mass is 35.5. The van der Waals surface area contributed by atoms with Crippen LogP contribution in [0.15, 0.2) is 36.4 Å². The highest BCUT2D eigenvalue weighted by molar-refractivity contribution is 6.35. The van der Waals surface area contributed by atoms with Gasteiger partial charge >= 0.3 is 0 Å². The van der Waals surface area contributed by atoms with Crippen LogP contribution in [-0.2, 0) is 6.42 Å². The summed E-state index contributed by atoms with van der Waals surface area (Å²) in [6.45, 7) is 2.07. The van der Waals surface area contributed by atoms with Gasteiger partial charge in [-0.25, -0.2) is 4.98 Å². The number of halogens is 2. The van der Waals surface area contributed by atoms with E-state index in [1.807, 2.05) is 12.1 Å². The number of hydrogen-bond donors (Lipinski definition) is 0. The molecule has 1 aromatic heterocycles. The van der Waals surface area contributed by atoms with Crippen LogP contribution in [0.5, 0.6) is 0 Å². The van der Waals surface area contributed by atoms with Crippen molar-refractivity contribution in [2.24, 2.45) is 0 Å². The summed E-state index contributed by atoms with van der Waals surface area (Å²) in [6.07, 6.45) is 0.942. The first kappa shape index (κ1) is 13.1. The van der Waals surface area contributed by atoms with Crippen molar-refractivity contribution in [3.8, 4) is 0 Å². The summed E-state index contributed by atoms with van der Waals surface area (Å²) >= 11 is 11.6. The monoisotopic (exact) mass is 279 g/mol. The lowest BCUT2D eigenvalue weighted by Crippen LogP contribution is -2.03. The fourth-order valence-corrected chi connectivity index (χ4v) is 2.06. The number of pyridine rings is 1. The van der Waals surface area contributed by atoms with Crippen LogP contribution in [0.1, 0.15) is 28.4 Å². The predicted molar refractivity (Wildman–Crippen MR) is 73.5 cm³/mol. The van der Waals surface area contributed by atoms with Crippen LogP contribution >= 0.6 is 23.2 Å². The van der Waals surface area contributed by atoms with E-state index in [1.54, 1.807) is 24.3 Å². The highest BCUT2D eigenvalue weighted by Gasteiger charge is 2.13. The number of carbonyl (C=O) groups is 1. The first-order chi connectivity index (χ1) is 8.61. The van der Waals surface area contributed by atoms with Crippen molar-refractivity contribution in [3.63, 3.8) is 0 Å². The Morgan fingerprint density at radius 1 is 1.11 bits per heavy atom. The lowest BCUT2D eigenvalue weighted by molar-refractivity contribution is 0.103. The maximum Gasteiger partial charge on any atom is 0.196 e. The molecular weight excluding hydrogens is 269 g/mol. The van der Waals surface area contributed by atoms with E-state index in [1.165, 1.54) is 5.56 Å². The van der Waals surface area contributed by atoms with Gasteiger partial charge < -0.3 is 0 Å². The van der Waals surface area contributed by atoms with E-state index in [2.05, 4.69) is 11.9 Å². The molecular formula is C14H11Cl2NO. The summed E-state index contributed by atoms with van der Waals surface area (Å²) < 4.78 is 0. The minimum atomic E-state index is -0.146. The smallest absolute Gasteiger partial charge is 0.196 e. The van der Waals surface area contributed by atoms with Crippen molar-refractivity contribution in [3.05, 3.63) is 63.4 Å². The molecule has 0 radical (unpaired) electrons. The van der Waals surface area contributed by atoms with Crippen molar-refractivity contribution in [2.45, 2.75) is 13.3 Å². The van der Waals surface area contributed by atoms with E-state index in [4.69, 9.17) is 23.2 Å². The van der Waals surface area contributed by atoms with Crippen molar-refractivity contribution in [1.29, 1.82) is 0 Å². The van der Waals surface area contributed by atoms with Crippen LogP contribution in [0.25, 0.3) is 0 Å². The van der Waals surface area contributed by atoms with Gasteiger partial charge in [0.2, 0.25) is 0 Å². The summed E-state index contributed by atoms with van der Waals surface area (Å²) in [6, 6.07) is 10.6. The molecule has 0 fully saturated rings. The SMILES string of the molecule is CCc1ccc(C(=O)c2ccc(Cl)nc2Cl)cc1. The van der Waals surface area contributed by atoms with Gasteiger partial charge in [0, 0.05) is 5.56 Å². The van der Waals surface area contributed by atoms with Gasteiger partial charge in [0.25, 0.3) is 0 Å². The molecule has 18 heavy (non-hydrogen) atoms. The van der Waals surface area contributed by atoms with E-state index in [0.717, 1.165) is 6.42 Å². The molecule has 0 aliphatic carbocycles. The third-order valence-electron chi connectivity index (χ3n) is 2.68. The van der Waals surface area contributed by atoms with Crippen LogP contribution < -0.4 is 0 Å². The quantitative estimate of drug-likeness (QED) is 0.623. The molecule has 0 unspecified atom stereocenters. The fourth-order valence-electron chi connectivity index (χ4n) is 1.63. The summed E-state index contributed by atoms with van der Waals surface area (Å²) in [4.78, 5) is 16.1. The molecule has 92 valence electrons. The second-order valence-electron chi connectivity index (χ2n) is 3.85. The molecule has 0 N–H and O–H groups in total. The van der Waals surface area contributed by atoms with E-state index >= 15 is 0 Å². The number of nitrogens with zero attached hydrogens (tertiary/aromatic N) is 1. The maximum atomic E-state index is 12.2. The van der Waals surface area contributed by atoms with Gasteiger partial charge in [0.1, 0.15) is 10.3 Å². The summed E-state index contributed by atoms with van der Waals surface area (Å²) in [5, 5.41) is 0.407. The highest BCUT2D eigenvalue weighted by Crippen LogP contribution is 2.20. The summed E-state index contributed by atoms with van der Waals surface area (Å²) in [7, 11) is 0. The Balaban J connectivity index is 2.35. The van der Waals surface area contributed by atoms with Crippen LogP contribution in [0, 0.1) is 0 Å². The minimum absolute atomic E-state index is 0.132. The van der Waals surface area contributed by atoms with Gasteiger partial charge in [0.15, 0.2) is 5.78 Å². The molecule has 2 aromatic rings. The third kappa shape index (κ3) is 2.71. The number of ketones is 1. The average molecular weight is 280 g/mol. The minimum Gasteiger partial charge on any atom is -0.288 e. The van der Waals surface area contributed by atoms with Crippen molar-refractivity contribution in [1.82, 2.24) is 4.98 Å². The van der Waals surface area contributed by atoms with Gasteiger partial charge in [-0.2, -0.15) is 0 Å². The molecule has 4 heteroatoms. The Bertz CT molecular complexity index is 579. The lowest BCUT2D eigenvalue weighted by Gasteiger charge is -2.04. The summed E-state index contributed by atoms with van der Waals surface area (Å²) in [5.74, 6) is -0.146. The molecule has 0 aliphatic heterocycles. The normalized spacial score (nSPS) is 10.4. The van der Waals surface area contributed by atoms with Gasteiger partial charge in [-0.1, -0.05) is 54.4 Å². The van der Waals surface area contributed by atoms with Crippen LogP contribution in [-0.4, -0.2) is 10.8 Å². The molecule has 0 aliphatic rings. The lowest BCUT2D eigenvalue weighted by atomic mass is 10.0. The number of rotatable bonds is 3. The largest absolute Gasteiger partial charge is 0.288 e. The first-order valence-corrected chi connectivity index (χ1v) is 6.33. The van der Waals surface area contributed by atoms with Gasteiger partial charge in [0.05, 0.1) is 5.56 Å². The Morgan fingerprint density at radius 3 is 2.33 bits per heavy atom. The van der Waals surface area contributed by atoms with Gasteiger partial charge in [-0.3, -0.25) is 4.79 Å². The number of hydrogen-bond acceptors (Lipinski definition) is 2. The molecule has 0 saturated carbocycles. The first-order valence-electron chi connectivity index (χ1n) is 5.57. The Kier molecular flexibility index (Phi) is 4.00. The van der Waals surface area contributed by atoms with Crippen LogP contribution in [0.3, 0.4) is 0 Å². The average Bonchev–Trinajstić information content (AvgIpc) is 2.38. The molecule has 1 aromatic carbocycles. The molecule has 0 amide bonds. The zero-order chi connectivity index (χ0) is 13.1. The Hall–Kier alpha value is -1.38. The van der Waals surface area contributed by atoms with E-state index in [-0.39, 0.29) is 16.1 Å². The summed E-state index contributed by atoms with van der Waals surface area (Å²) in [5.41, 5.74) is 2.15. The molecule has 2 nitrogen and oxygen atoms in total. The number of benzene rings is 1. The van der Waals surface area contributed by atoms with Crippen molar-refractivity contribution in [2.75, 3.05) is 0 Å². The molecule has 0 atom stereocenters. The topological polar surface area (TPSA) is 30.0 Å². The maximum absolute atomic E-state index is 12.2. The zero-order valence-electron chi connectivity index (χ0n) is 9.78. The third-order valence-corrected chi connectivity index (χ3v) is 3.18. The van der Waals surface area contributed by atoms with E-state index in [0.29, 0.717) is 11.1 Å². The second kappa shape index (κ2) is 5.51. The number of aryl methyl sites for hydroxylation is 1. The Morgan fingerprint density at radius 2 is 1.78 bits per heavy atom. The molecule has 0 spiro atoms. The van der Waals surface area contributed by atoms with Gasteiger partial charge in [-0.15, -0.1) is 0 Å². The molecule has 1 heterocycles. The zero-order valence-corrected chi connectivity index (χ0v) is 11.3. The predicted octanol–water partition coefficient (Wildman–Crippen LogP) is 4.18.